The number of benzene rings is 7. The van der Waals surface area contributed by atoms with E-state index in [2.05, 4.69) is 97.1 Å². The molecule has 0 atom stereocenters. The molecular weight excluding hydrogens is 574 g/mol. The number of fused-ring (bicyclic) bond motifs is 4. The first-order valence-corrected chi connectivity index (χ1v) is 15.7. The number of rotatable bonds is 5. The van der Waals surface area contributed by atoms with Crippen LogP contribution in [0.25, 0.3) is 89.1 Å². The van der Waals surface area contributed by atoms with Gasteiger partial charge in [0.2, 0.25) is 0 Å². The smallest absolute Gasteiger partial charge is 0.164 e. The third kappa shape index (κ3) is 4.93. The monoisotopic (exact) mass is 601 g/mol. The van der Waals surface area contributed by atoms with Crippen molar-refractivity contribution in [3.8, 4) is 56.4 Å². The Morgan fingerprint density at radius 3 is 1.62 bits per heavy atom. The summed E-state index contributed by atoms with van der Waals surface area (Å²) in [6.45, 7) is 0. The third-order valence-corrected chi connectivity index (χ3v) is 8.75. The first-order chi connectivity index (χ1) is 23.3. The number of aromatic nitrogens is 3. The van der Waals surface area contributed by atoms with Crippen molar-refractivity contribution in [1.82, 2.24) is 15.0 Å². The molecule has 2 heterocycles. The molecule has 0 aliphatic rings. The zero-order valence-corrected chi connectivity index (χ0v) is 25.3. The maximum absolute atomic E-state index is 6.38. The molecule has 0 aliphatic heterocycles. The summed E-state index contributed by atoms with van der Waals surface area (Å²) in [5.41, 5.74) is 9.15. The summed E-state index contributed by atoms with van der Waals surface area (Å²) in [6.07, 6.45) is 0. The molecule has 2 aromatic heterocycles. The van der Waals surface area contributed by atoms with Gasteiger partial charge >= 0.3 is 0 Å². The van der Waals surface area contributed by atoms with E-state index in [1.165, 1.54) is 21.9 Å². The summed E-state index contributed by atoms with van der Waals surface area (Å²) in [5, 5.41) is 4.64. The lowest BCUT2D eigenvalue weighted by atomic mass is 9.96. The summed E-state index contributed by atoms with van der Waals surface area (Å²) < 4.78 is 6.38. The molecule has 0 saturated heterocycles. The van der Waals surface area contributed by atoms with Crippen LogP contribution in [0.15, 0.2) is 168 Å². The van der Waals surface area contributed by atoms with E-state index in [0.29, 0.717) is 17.5 Å². The predicted molar refractivity (Wildman–Crippen MR) is 192 cm³/mol. The van der Waals surface area contributed by atoms with Gasteiger partial charge in [0.15, 0.2) is 17.5 Å². The molecule has 220 valence electrons. The van der Waals surface area contributed by atoms with E-state index < -0.39 is 0 Å². The van der Waals surface area contributed by atoms with E-state index in [9.17, 15) is 0 Å². The highest BCUT2D eigenvalue weighted by Crippen LogP contribution is 2.36. The van der Waals surface area contributed by atoms with Crippen LogP contribution >= 0.6 is 0 Å². The first-order valence-electron chi connectivity index (χ1n) is 15.7. The van der Waals surface area contributed by atoms with Gasteiger partial charge < -0.3 is 4.42 Å². The molecule has 9 rings (SSSR count). The van der Waals surface area contributed by atoms with E-state index >= 15 is 0 Å². The molecule has 0 aliphatic carbocycles. The summed E-state index contributed by atoms with van der Waals surface area (Å²) in [6, 6.07) is 56.5. The number of hydrogen-bond acceptors (Lipinski definition) is 4. The lowest BCUT2D eigenvalue weighted by Gasteiger charge is -2.08. The van der Waals surface area contributed by atoms with Crippen molar-refractivity contribution in [3.63, 3.8) is 0 Å². The zero-order valence-electron chi connectivity index (χ0n) is 25.3. The van der Waals surface area contributed by atoms with Crippen molar-refractivity contribution in [2.24, 2.45) is 0 Å². The first kappa shape index (κ1) is 27.0. The molecule has 0 spiro atoms. The highest BCUT2D eigenvalue weighted by Gasteiger charge is 2.15. The molecule has 47 heavy (non-hydrogen) atoms. The average molecular weight is 602 g/mol. The van der Waals surface area contributed by atoms with E-state index in [-0.39, 0.29) is 0 Å². The highest BCUT2D eigenvalue weighted by molar-refractivity contribution is 6.07. The van der Waals surface area contributed by atoms with E-state index in [0.717, 1.165) is 49.8 Å². The van der Waals surface area contributed by atoms with Crippen LogP contribution in [0.2, 0.25) is 0 Å². The fraction of sp³-hybridized carbons (Fsp3) is 0. The van der Waals surface area contributed by atoms with Crippen LogP contribution in [0.5, 0.6) is 0 Å². The second kappa shape index (κ2) is 11.2. The topological polar surface area (TPSA) is 51.8 Å². The van der Waals surface area contributed by atoms with Gasteiger partial charge in [0.1, 0.15) is 11.2 Å². The van der Waals surface area contributed by atoms with Crippen molar-refractivity contribution < 1.29 is 4.42 Å². The fourth-order valence-corrected chi connectivity index (χ4v) is 6.35. The van der Waals surface area contributed by atoms with E-state index in [4.69, 9.17) is 19.4 Å². The molecule has 0 N–H and O–H groups in total. The summed E-state index contributed by atoms with van der Waals surface area (Å²) in [7, 11) is 0. The molecule has 0 fully saturated rings. The van der Waals surface area contributed by atoms with Crippen molar-refractivity contribution in [2.75, 3.05) is 0 Å². The number of nitrogens with zero attached hydrogens (tertiary/aromatic N) is 3. The summed E-state index contributed by atoms with van der Waals surface area (Å²) in [4.78, 5) is 14.6. The largest absolute Gasteiger partial charge is 0.456 e. The lowest BCUT2D eigenvalue weighted by Crippen LogP contribution is -2.00. The van der Waals surface area contributed by atoms with Crippen molar-refractivity contribution >= 4 is 32.7 Å². The molecule has 7 aromatic carbocycles. The Balaban J connectivity index is 1.09. The third-order valence-electron chi connectivity index (χ3n) is 8.75. The van der Waals surface area contributed by atoms with Crippen molar-refractivity contribution in [1.29, 1.82) is 0 Å². The normalized spacial score (nSPS) is 11.4. The lowest BCUT2D eigenvalue weighted by molar-refractivity contribution is 0.669. The molecule has 0 unspecified atom stereocenters. The highest BCUT2D eigenvalue weighted by atomic mass is 16.3. The second-order valence-electron chi connectivity index (χ2n) is 11.7. The van der Waals surface area contributed by atoms with Crippen LogP contribution in [-0.4, -0.2) is 15.0 Å². The Kier molecular flexibility index (Phi) is 6.43. The van der Waals surface area contributed by atoms with Crippen LogP contribution in [0.3, 0.4) is 0 Å². The Labute approximate surface area is 271 Å². The fourth-order valence-electron chi connectivity index (χ4n) is 6.35. The molecular formula is C43H27N3O. The minimum absolute atomic E-state index is 0.604. The van der Waals surface area contributed by atoms with Crippen LogP contribution in [-0.2, 0) is 0 Å². The number of furan rings is 1. The van der Waals surface area contributed by atoms with Gasteiger partial charge in [0.05, 0.1) is 0 Å². The Morgan fingerprint density at radius 1 is 0.319 bits per heavy atom. The van der Waals surface area contributed by atoms with Gasteiger partial charge in [-0.3, -0.25) is 0 Å². The van der Waals surface area contributed by atoms with Crippen LogP contribution in [0, 0.1) is 0 Å². The molecule has 9 aromatic rings. The van der Waals surface area contributed by atoms with E-state index in [1.807, 2.05) is 66.7 Å². The molecule has 0 bridgehead atoms. The van der Waals surface area contributed by atoms with Gasteiger partial charge in [-0.1, -0.05) is 140 Å². The second-order valence-corrected chi connectivity index (χ2v) is 11.7. The Bertz CT molecular complexity index is 2490. The molecule has 4 heteroatoms. The standard InChI is InChI=1S/C43H27N3O/c1-3-11-31(12-4-1)41-44-42(32-13-5-2-6-14-32)46-43(45-41)34-22-24-37-38-26-33(23-25-39(38)47-40(37)27-34)28-18-20-30(21-19-28)36-17-9-15-29-10-7-8-16-35(29)36/h1-27H. The van der Waals surface area contributed by atoms with Crippen LogP contribution in [0.1, 0.15) is 0 Å². The minimum Gasteiger partial charge on any atom is -0.456 e. The predicted octanol–water partition coefficient (Wildman–Crippen LogP) is 11.3. The Morgan fingerprint density at radius 2 is 0.894 bits per heavy atom. The SMILES string of the molecule is c1ccc(-c2nc(-c3ccccc3)nc(-c3ccc4c(c3)oc3ccc(-c5ccc(-c6cccc7ccccc67)cc5)cc34)n2)cc1. The molecule has 0 radical (unpaired) electrons. The van der Waals surface area contributed by atoms with Crippen LogP contribution in [0.4, 0.5) is 0 Å². The van der Waals surface area contributed by atoms with Gasteiger partial charge in [0, 0.05) is 27.5 Å². The maximum Gasteiger partial charge on any atom is 0.164 e. The van der Waals surface area contributed by atoms with Crippen molar-refractivity contribution in [3.05, 3.63) is 164 Å². The molecule has 4 nitrogen and oxygen atoms in total. The van der Waals surface area contributed by atoms with E-state index in [1.54, 1.807) is 0 Å². The maximum atomic E-state index is 6.38. The summed E-state index contributed by atoms with van der Waals surface area (Å²) in [5.74, 6) is 1.87. The summed E-state index contributed by atoms with van der Waals surface area (Å²) >= 11 is 0. The quantitative estimate of drug-likeness (QED) is 0.197. The zero-order chi connectivity index (χ0) is 31.2. The van der Waals surface area contributed by atoms with Gasteiger partial charge in [-0.25, -0.2) is 15.0 Å². The average Bonchev–Trinajstić information content (AvgIpc) is 3.52. The Hall–Kier alpha value is -6.39. The number of hydrogen-bond donors (Lipinski definition) is 0. The minimum atomic E-state index is 0.604. The molecule has 0 amide bonds. The van der Waals surface area contributed by atoms with Crippen molar-refractivity contribution in [2.45, 2.75) is 0 Å². The van der Waals surface area contributed by atoms with Gasteiger partial charge in [-0.15, -0.1) is 0 Å². The van der Waals surface area contributed by atoms with Gasteiger partial charge in [0.25, 0.3) is 0 Å². The molecule has 0 saturated carbocycles. The van der Waals surface area contributed by atoms with Gasteiger partial charge in [-0.2, -0.15) is 0 Å². The van der Waals surface area contributed by atoms with Crippen LogP contribution < -0.4 is 0 Å². The van der Waals surface area contributed by atoms with Gasteiger partial charge in [-0.05, 0) is 57.3 Å².